The summed E-state index contributed by atoms with van der Waals surface area (Å²) in [6.45, 7) is 11.1. The highest BCUT2D eigenvalue weighted by molar-refractivity contribution is 7.91. The average Bonchev–Trinajstić information content (AvgIpc) is 4.00. The van der Waals surface area contributed by atoms with Crippen LogP contribution in [0.5, 0.6) is 11.8 Å². The van der Waals surface area contributed by atoms with E-state index in [4.69, 9.17) is 14.2 Å². The van der Waals surface area contributed by atoms with Gasteiger partial charge < -0.3 is 19.1 Å². The van der Waals surface area contributed by atoms with Crippen LogP contribution in [0, 0.1) is 29.1 Å². The van der Waals surface area contributed by atoms with Crippen LogP contribution in [-0.2, 0) is 33.9 Å². The molecule has 0 bridgehead atoms. The molecule has 7 atom stereocenters. The third-order valence-corrected chi connectivity index (χ3v) is 14.2. The predicted molar refractivity (Wildman–Crippen MR) is 205 cm³/mol. The molecule has 2 amide bonds. The first-order chi connectivity index (χ1) is 25.9. The minimum absolute atomic E-state index is 0.0311. The Morgan fingerprint density at radius 2 is 1.73 bits per heavy atom. The summed E-state index contributed by atoms with van der Waals surface area (Å²) in [6, 6.07) is 6.35. The van der Waals surface area contributed by atoms with Gasteiger partial charge in [-0.15, -0.1) is 10.2 Å². The molecule has 0 unspecified atom stereocenters. The molecule has 6 rings (SSSR count). The second-order valence-corrected chi connectivity index (χ2v) is 19.6. The molecule has 13 nitrogen and oxygen atoms in total. The van der Waals surface area contributed by atoms with Crippen molar-refractivity contribution in [2.75, 3.05) is 13.7 Å². The number of methoxy groups -OCH3 is 1. The smallest absolute Gasteiger partial charge is 0.307 e. The molecule has 2 aliphatic heterocycles. The number of hydrogen-bond acceptors (Lipinski definition) is 11. The quantitative estimate of drug-likeness (QED) is 0.245. The van der Waals surface area contributed by atoms with E-state index < -0.39 is 55.7 Å². The molecule has 1 aromatic heterocycles. The van der Waals surface area contributed by atoms with Crippen LogP contribution in [0.2, 0.25) is 0 Å². The van der Waals surface area contributed by atoms with Gasteiger partial charge in [0.25, 0.3) is 0 Å². The van der Waals surface area contributed by atoms with Gasteiger partial charge in [0, 0.05) is 12.8 Å². The SMILES string of the molecule is CC[C@@H]1C[C@H](C)CC/C=C\[C@@H]2C[C@@]2(C(=O)NS(=O)(=O)C2(C)CC2)CC(=O)[C@@H]2C[C@@H](Oc3nnc(OC)c4ccccc34)CN2C(=O)[C@H]1CC(=O)OC(C)(C)C. The number of allylic oxidation sites excluding steroid dienone is 2. The third kappa shape index (κ3) is 8.68. The van der Waals surface area contributed by atoms with E-state index in [1.165, 1.54) is 12.0 Å². The first kappa shape index (κ1) is 40.6. The fourth-order valence-electron chi connectivity index (χ4n) is 8.36. The van der Waals surface area contributed by atoms with Gasteiger partial charge in [0.2, 0.25) is 33.6 Å². The van der Waals surface area contributed by atoms with Gasteiger partial charge in [-0.2, -0.15) is 0 Å². The van der Waals surface area contributed by atoms with Crippen molar-refractivity contribution in [3.8, 4) is 11.8 Å². The number of nitrogens with zero attached hydrogens (tertiary/aromatic N) is 3. The van der Waals surface area contributed by atoms with Crippen LogP contribution in [-0.4, -0.2) is 83.2 Å². The molecule has 2 saturated carbocycles. The van der Waals surface area contributed by atoms with E-state index in [0.717, 1.165) is 12.8 Å². The van der Waals surface area contributed by atoms with Gasteiger partial charge in [-0.05, 0) is 96.1 Å². The standard InChI is InChI=1S/C41H56N4O9S/c1-8-26-19-25(2)13-9-10-14-27-22-41(27,38(49)44-55(50,51)40(6)17-18-40)23-33(46)32-20-28(24-45(32)37(48)31(26)21-34(47)54-39(3,4)5)53-36-30-16-12-11-15-29(30)35(52-7)42-43-36/h10-12,14-16,25-28,31-32H,8-9,13,17-24H2,1-7H3,(H,44,49)/b14-10-/t25-,26-,27-,28-,31+,32+,41-/m1/s1. The number of ketones is 1. The third-order valence-electron chi connectivity index (χ3n) is 12.0. The molecule has 2 aliphatic carbocycles. The van der Waals surface area contributed by atoms with E-state index in [1.807, 2.05) is 43.3 Å². The molecule has 3 fully saturated rings. The summed E-state index contributed by atoms with van der Waals surface area (Å²) >= 11 is 0. The summed E-state index contributed by atoms with van der Waals surface area (Å²) in [5, 5.41) is 9.81. The van der Waals surface area contributed by atoms with Gasteiger partial charge in [0.1, 0.15) is 11.7 Å². The van der Waals surface area contributed by atoms with Crippen LogP contribution in [0.15, 0.2) is 36.4 Å². The number of nitrogens with one attached hydrogen (secondary N) is 1. The van der Waals surface area contributed by atoms with Crippen molar-refractivity contribution in [2.45, 2.75) is 128 Å². The lowest BCUT2D eigenvalue weighted by molar-refractivity contribution is -0.160. The summed E-state index contributed by atoms with van der Waals surface area (Å²) in [5.41, 5.74) is -2.03. The number of carbonyl (C=O) groups excluding carboxylic acids is 4. The van der Waals surface area contributed by atoms with Crippen molar-refractivity contribution in [1.29, 1.82) is 0 Å². The largest absolute Gasteiger partial charge is 0.479 e. The zero-order valence-electron chi connectivity index (χ0n) is 33.1. The summed E-state index contributed by atoms with van der Waals surface area (Å²) in [4.78, 5) is 58.6. The normalized spacial score (nSPS) is 30.3. The van der Waals surface area contributed by atoms with Gasteiger partial charge >= 0.3 is 5.97 Å². The molecule has 14 heteroatoms. The Hall–Kier alpha value is -4.07. The maximum absolute atomic E-state index is 15.0. The fraction of sp³-hybridized carbons (Fsp3) is 0.659. The Morgan fingerprint density at radius 1 is 1.05 bits per heavy atom. The number of rotatable bonds is 9. The molecule has 4 aliphatic rings. The van der Waals surface area contributed by atoms with E-state index in [0.29, 0.717) is 48.8 Å². The number of aromatic nitrogens is 2. The molecule has 0 radical (unpaired) electrons. The number of amides is 2. The van der Waals surface area contributed by atoms with E-state index in [2.05, 4.69) is 21.8 Å². The van der Waals surface area contributed by atoms with Crippen LogP contribution in [0.3, 0.4) is 0 Å². The Morgan fingerprint density at radius 3 is 2.36 bits per heavy atom. The minimum atomic E-state index is -3.96. The Balaban J connectivity index is 1.37. The minimum Gasteiger partial charge on any atom is -0.479 e. The number of benzene rings is 1. The van der Waals surface area contributed by atoms with Crippen molar-refractivity contribution in [2.24, 2.45) is 29.1 Å². The van der Waals surface area contributed by atoms with Crippen molar-refractivity contribution in [3.05, 3.63) is 36.4 Å². The lowest BCUT2D eigenvalue weighted by Crippen LogP contribution is -2.48. The summed E-state index contributed by atoms with van der Waals surface area (Å²) in [7, 11) is -2.45. The first-order valence-electron chi connectivity index (χ1n) is 19.6. The van der Waals surface area contributed by atoms with E-state index in [-0.39, 0.29) is 61.1 Å². The molecule has 1 saturated heterocycles. The molecule has 300 valence electrons. The lowest BCUT2D eigenvalue weighted by atomic mass is 9.79. The Kier molecular flexibility index (Phi) is 11.4. The maximum Gasteiger partial charge on any atom is 0.307 e. The van der Waals surface area contributed by atoms with Crippen LogP contribution in [0.25, 0.3) is 10.8 Å². The van der Waals surface area contributed by atoms with Crippen LogP contribution >= 0.6 is 0 Å². The van der Waals surface area contributed by atoms with E-state index in [9.17, 15) is 27.6 Å². The average molecular weight is 781 g/mol. The number of carbonyl (C=O) groups is 4. The molecule has 3 heterocycles. The number of fused-ring (bicyclic) bond motifs is 3. The highest BCUT2D eigenvalue weighted by Gasteiger charge is 2.62. The molecule has 55 heavy (non-hydrogen) atoms. The number of hydrogen-bond donors (Lipinski definition) is 1. The maximum atomic E-state index is 15.0. The highest BCUT2D eigenvalue weighted by Crippen LogP contribution is 2.58. The highest BCUT2D eigenvalue weighted by atomic mass is 32.2. The predicted octanol–water partition coefficient (Wildman–Crippen LogP) is 5.70. The summed E-state index contributed by atoms with van der Waals surface area (Å²) in [6.07, 6.45) is 7.09. The van der Waals surface area contributed by atoms with Crippen LogP contribution < -0.4 is 14.2 Å². The molecule has 1 aromatic carbocycles. The van der Waals surface area contributed by atoms with Crippen molar-refractivity contribution in [3.63, 3.8) is 0 Å². The Labute approximate surface area is 324 Å². The zero-order valence-corrected chi connectivity index (χ0v) is 33.9. The van der Waals surface area contributed by atoms with Crippen LogP contribution in [0.1, 0.15) is 106 Å². The van der Waals surface area contributed by atoms with Gasteiger partial charge in [-0.3, -0.25) is 23.9 Å². The number of esters is 1. The van der Waals surface area contributed by atoms with Crippen LogP contribution in [0.4, 0.5) is 0 Å². The second-order valence-electron chi connectivity index (χ2n) is 17.4. The fourth-order valence-corrected chi connectivity index (χ4v) is 9.69. The number of ether oxygens (including phenoxy) is 3. The summed E-state index contributed by atoms with van der Waals surface area (Å²) < 4.78 is 45.4. The van der Waals surface area contributed by atoms with E-state index in [1.54, 1.807) is 27.7 Å². The summed E-state index contributed by atoms with van der Waals surface area (Å²) in [5.74, 6) is -2.40. The van der Waals surface area contributed by atoms with Gasteiger partial charge in [-0.1, -0.05) is 44.6 Å². The number of sulfonamides is 1. The van der Waals surface area contributed by atoms with Crippen molar-refractivity contribution >= 4 is 44.4 Å². The van der Waals surface area contributed by atoms with Gasteiger partial charge in [-0.25, -0.2) is 8.42 Å². The molecule has 2 aromatic rings. The monoisotopic (exact) mass is 780 g/mol. The van der Waals surface area contributed by atoms with Gasteiger partial charge in [0.15, 0.2) is 5.78 Å². The molecule has 1 N–H and O–H groups in total. The lowest BCUT2D eigenvalue weighted by Gasteiger charge is -2.33. The zero-order chi connectivity index (χ0) is 39.9. The Bertz CT molecular complexity index is 1960. The first-order valence-corrected chi connectivity index (χ1v) is 21.1. The topological polar surface area (TPSA) is 171 Å². The molecular formula is C41H56N4O9S. The van der Waals surface area contributed by atoms with Crippen molar-refractivity contribution in [1.82, 2.24) is 19.8 Å². The van der Waals surface area contributed by atoms with E-state index >= 15 is 0 Å². The van der Waals surface area contributed by atoms with Gasteiger partial charge in [0.05, 0.1) is 53.0 Å². The second kappa shape index (κ2) is 15.5. The number of Topliss-reactive ketones (excluding diaryl/α,β-unsaturated/α-hetero) is 1. The molecule has 0 spiro atoms. The van der Waals surface area contributed by atoms with Crippen molar-refractivity contribution < 1.29 is 41.8 Å². The molecular weight excluding hydrogens is 725 g/mol.